The lowest BCUT2D eigenvalue weighted by atomic mass is 10.1. The maximum atomic E-state index is 12.7. The molecule has 1 atom stereocenters. The van der Waals surface area contributed by atoms with Crippen LogP contribution in [0.5, 0.6) is 0 Å². The van der Waals surface area contributed by atoms with Crippen molar-refractivity contribution in [3.05, 3.63) is 109 Å². The van der Waals surface area contributed by atoms with Crippen molar-refractivity contribution in [2.24, 2.45) is 0 Å². The van der Waals surface area contributed by atoms with Crippen LogP contribution in [-0.2, 0) is 28.6 Å². The van der Waals surface area contributed by atoms with Crippen LogP contribution in [0.3, 0.4) is 0 Å². The van der Waals surface area contributed by atoms with Crippen molar-refractivity contribution in [3.63, 3.8) is 0 Å². The molecular weight excluding hydrogens is 769 g/mol. The monoisotopic (exact) mass is 859 g/mol. The molecule has 1 unspecified atom stereocenters. The van der Waals surface area contributed by atoms with Gasteiger partial charge < -0.3 is 14.2 Å². The molecule has 0 aliphatic carbocycles. The van der Waals surface area contributed by atoms with Gasteiger partial charge in [-0.05, 0) is 103 Å². The second-order valence-electron chi connectivity index (χ2n) is 16.0. The number of carbonyl (C=O) groups is 3. The fraction of sp³-hybridized carbons (Fsp3) is 0.625. The van der Waals surface area contributed by atoms with Gasteiger partial charge in [-0.15, -0.1) is 0 Å². The third-order valence-corrected chi connectivity index (χ3v) is 10.0. The van der Waals surface area contributed by atoms with Crippen LogP contribution in [0.1, 0.15) is 207 Å². The van der Waals surface area contributed by atoms with Crippen molar-refractivity contribution in [1.29, 1.82) is 0 Å². The Morgan fingerprint density at radius 1 is 0.339 bits per heavy atom. The molecule has 0 saturated carbocycles. The average molecular weight is 859 g/mol. The van der Waals surface area contributed by atoms with Crippen LogP contribution in [0.4, 0.5) is 0 Å². The van der Waals surface area contributed by atoms with E-state index in [0.29, 0.717) is 19.3 Å². The first-order valence-corrected chi connectivity index (χ1v) is 24.9. The van der Waals surface area contributed by atoms with Crippen molar-refractivity contribution >= 4 is 17.9 Å². The number of allylic oxidation sites excluding steroid dienone is 18. The van der Waals surface area contributed by atoms with Crippen LogP contribution in [0.2, 0.25) is 0 Å². The predicted molar refractivity (Wildman–Crippen MR) is 265 cm³/mol. The van der Waals surface area contributed by atoms with Crippen molar-refractivity contribution in [2.75, 3.05) is 13.2 Å². The molecule has 0 aromatic heterocycles. The van der Waals surface area contributed by atoms with E-state index in [1.54, 1.807) is 0 Å². The van der Waals surface area contributed by atoms with Crippen LogP contribution >= 0.6 is 0 Å². The molecule has 0 N–H and O–H groups in total. The fourth-order valence-corrected chi connectivity index (χ4v) is 6.34. The van der Waals surface area contributed by atoms with Crippen molar-refractivity contribution in [1.82, 2.24) is 0 Å². The summed E-state index contributed by atoms with van der Waals surface area (Å²) in [6, 6.07) is 0. The number of hydrogen-bond acceptors (Lipinski definition) is 6. The minimum Gasteiger partial charge on any atom is -0.462 e. The van der Waals surface area contributed by atoms with E-state index >= 15 is 0 Å². The van der Waals surface area contributed by atoms with Crippen LogP contribution in [0.25, 0.3) is 0 Å². The van der Waals surface area contributed by atoms with Gasteiger partial charge in [0.25, 0.3) is 0 Å². The maximum Gasteiger partial charge on any atom is 0.306 e. The summed E-state index contributed by atoms with van der Waals surface area (Å²) in [5, 5.41) is 0. The second-order valence-corrected chi connectivity index (χ2v) is 16.0. The first-order chi connectivity index (χ1) is 30.5. The van der Waals surface area contributed by atoms with E-state index in [1.165, 1.54) is 32.1 Å². The summed E-state index contributed by atoms with van der Waals surface area (Å²) in [5.74, 6) is -0.962. The van der Waals surface area contributed by atoms with Crippen molar-refractivity contribution in [2.45, 2.75) is 213 Å². The molecule has 6 heteroatoms. The van der Waals surface area contributed by atoms with E-state index in [9.17, 15) is 14.4 Å². The van der Waals surface area contributed by atoms with Gasteiger partial charge in [0.15, 0.2) is 6.10 Å². The SMILES string of the molecule is CC/C=C\C/C=C\C/C=C\C/C=C\C/C=C\CCCCCC(=O)OCC(COC(=O)CCCCCCCC)OC(=O)CCCCCCCC/C=C\C/C=C\C/C=C\C/C=C\CC. The zero-order chi connectivity index (χ0) is 45.1. The van der Waals surface area contributed by atoms with Gasteiger partial charge in [0.1, 0.15) is 13.2 Å². The minimum absolute atomic E-state index is 0.0970. The molecule has 0 aliphatic rings. The third-order valence-electron chi connectivity index (χ3n) is 10.0. The largest absolute Gasteiger partial charge is 0.462 e. The Kier molecular flexibility index (Phi) is 46.6. The van der Waals surface area contributed by atoms with E-state index in [-0.39, 0.29) is 31.1 Å². The van der Waals surface area contributed by atoms with Gasteiger partial charge in [-0.3, -0.25) is 14.4 Å². The molecule has 0 saturated heterocycles. The predicted octanol–water partition coefficient (Wildman–Crippen LogP) is 16.4. The smallest absolute Gasteiger partial charge is 0.306 e. The summed E-state index contributed by atoms with van der Waals surface area (Å²) >= 11 is 0. The highest BCUT2D eigenvalue weighted by Gasteiger charge is 2.19. The molecule has 62 heavy (non-hydrogen) atoms. The van der Waals surface area contributed by atoms with Gasteiger partial charge in [-0.1, -0.05) is 194 Å². The summed E-state index contributed by atoms with van der Waals surface area (Å²) in [7, 11) is 0. The highest BCUT2D eigenvalue weighted by atomic mass is 16.6. The van der Waals surface area contributed by atoms with Crippen LogP contribution < -0.4 is 0 Å². The lowest BCUT2D eigenvalue weighted by molar-refractivity contribution is -0.167. The van der Waals surface area contributed by atoms with Crippen molar-refractivity contribution in [3.8, 4) is 0 Å². The molecule has 0 rings (SSSR count). The van der Waals surface area contributed by atoms with E-state index in [4.69, 9.17) is 14.2 Å². The van der Waals surface area contributed by atoms with Gasteiger partial charge >= 0.3 is 17.9 Å². The number of hydrogen-bond donors (Lipinski definition) is 0. The molecule has 6 nitrogen and oxygen atoms in total. The van der Waals surface area contributed by atoms with Crippen molar-refractivity contribution < 1.29 is 28.6 Å². The lowest BCUT2D eigenvalue weighted by Gasteiger charge is -2.18. The minimum atomic E-state index is -0.798. The maximum absolute atomic E-state index is 12.7. The Hall–Kier alpha value is -3.93. The van der Waals surface area contributed by atoms with Crippen LogP contribution in [0.15, 0.2) is 109 Å². The Balaban J connectivity index is 4.34. The van der Waals surface area contributed by atoms with E-state index in [2.05, 4.69) is 130 Å². The number of rotatable bonds is 43. The Morgan fingerprint density at radius 2 is 0.629 bits per heavy atom. The highest BCUT2D eigenvalue weighted by molar-refractivity contribution is 5.71. The van der Waals surface area contributed by atoms with Gasteiger partial charge in [-0.25, -0.2) is 0 Å². The number of ether oxygens (including phenoxy) is 3. The summed E-state index contributed by atoms with van der Waals surface area (Å²) in [6.07, 6.45) is 66.6. The standard InChI is InChI=1S/C56H90O6/c1-4-7-10-13-16-18-20-22-24-26-28-30-32-34-36-38-40-43-46-49-55(58)61-52-53(51-60-54(57)48-45-42-15-12-9-6-3)62-56(59)50-47-44-41-39-37-35-33-31-29-27-25-23-21-19-17-14-11-8-5-2/h7-8,10-11,16-19,22-25,28-31,34,36,53H,4-6,9,12-15,20-21,26-27,32-33,35,37-52H2,1-3H3/b10-7-,11-8-,18-16-,19-17-,24-22-,25-23-,30-28-,31-29-,36-34-. The molecular formula is C56H90O6. The molecule has 0 amide bonds. The molecule has 0 fully saturated rings. The van der Waals surface area contributed by atoms with E-state index < -0.39 is 6.10 Å². The quantitative estimate of drug-likeness (QED) is 0.0263. The zero-order valence-electron chi connectivity index (χ0n) is 39.8. The normalized spacial score (nSPS) is 13.0. The molecule has 0 bridgehead atoms. The number of carbonyl (C=O) groups excluding carboxylic acids is 3. The Labute approximate surface area is 380 Å². The lowest BCUT2D eigenvalue weighted by Crippen LogP contribution is -2.30. The van der Waals surface area contributed by atoms with Gasteiger partial charge in [0, 0.05) is 19.3 Å². The summed E-state index contributed by atoms with van der Waals surface area (Å²) in [5.41, 5.74) is 0. The molecule has 350 valence electrons. The molecule has 0 aromatic carbocycles. The highest BCUT2D eigenvalue weighted by Crippen LogP contribution is 2.13. The first-order valence-electron chi connectivity index (χ1n) is 24.9. The summed E-state index contributed by atoms with van der Waals surface area (Å²) < 4.78 is 16.7. The van der Waals surface area contributed by atoms with Crippen LogP contribution in [0, 0.1) is 0 Å². The van der Waals surface area contributed by atoms with Crippen LogP contribution in [-0.4, -0.2) is 37.2 Å². The summed E-state index contributed by atoms with van der Waals surface area (Å²) in [4.78, 5) is 37.7. The second kappa shape index (κ2) is 49.7. The fourth-order valence-electron chi connectivity index (χ4n) is 6.34. The molecule has 0 spiro atoms. The molecule has 0 radical (unpaired) electrons. The molecule has 0 aromatic rings. The molecule has 0 aliphatic heterocycles. The summed E-state index contributed by atoms with van der Waals surface area (Å²) in [6.45, 7) is 6.29. The average Bonchev–Trinajstić information content (AvgIpc) is 3.27. The van der Waals surface area contributed by atoms with E-state index in [0.717, 1.165) is 135 Å². The third kappa shape index (κ3) is 47.1. The number of unbranched alkanes of at least 4 members (excludes halogenated alkanes) is 14. The zero-order valence-corrected chi connectivity index (χ0v) is 39.8. The van der Waals surface area contributed by atoms with Gasteiger partial charge in [-0.2, -0.15) is 0 Å². The molecule has 0 heterocycles. The Bertz CT molecular complexity index is 1310. The first kappa shape index (κ1) is 58.1. The van der Waals surface area contributed by atoms with Gasteiger partial charge in [0.05, 0.1) is 0 Å². The number of esters is 3. The topological polar surface area (TPSA) is 78.9 Å². The van der Waals surface area contributed by atoms with Gasteiger partial charge in [0.2, 0.25) is 0 Å². The Morgan fingerprint density at radius 3 is 1.00 bits per heavy atom. The van der Waals surface area contributed by atoms with E-state index in [1.807, 2.05) is 0 Å².